The molecule has 0 radical (unpaired) electrons. The van der Waals surface area contributed by atoms with Gasteiger partial charge < -0.3 is 10.1 Å². The van der Waals surface area contributed by atoms with E-state index in [1.165, 1.54) is 6.07 Å². The normalized spacial score (nSPS) is 19.4. The van der Waals surface area contributed by atoms with Crippen molar-refractivity contribution < 1.29 is 13.9 Å². The number of carbonyl (C=O) groups is 1. The maximum absolute atomic E-state index is 13.6. The molecule has 1 aromatic carbocycles. The molecule has 0 aliphatic carbocycles. The van der Waals surface area contributed by atoms with Crippen molar-refractivity contribution >= 4 is 33.4 Å². The number of carbonyl (C=O) groups excluding carboxylic acids is 1. The monoisotopic (exact) mass is 321 g/mol. The first-order valence-electron chi connectivity index (χ1n) is 5.11. The lowest BCUT2D eigenvalue weighted by atomic mass is 10.1. The Hall–Kier alpha value is -0.650. The molecule has 0 aromatic heterocycles. The van der Waals surface area contributed by atoms with E-state index in [1.54, 1.807) is 0 Å². The number of hydrogen-bond donors (Lipinski definition) is 1. The molecule has 1 aliphatic rings. The SMILES string of the molecule is O=C(NC1CCOC1)c1cc(Br)c(Cl)cc1F. The van der Waals surface area contributed by atoms with E-state index in [-0.39, 0.29) is 16.6 Å². The first-order valence-corrected chi connectivity index (χ1v) is 6.28. The highest BCUT2D eigenvalue weighted by molar-refractivity contribution is 9.10. The number of benzene rings is 1. The van der Waals surface area contributed by atoms with Crippen LogP contribution in [0.3, 0.4) is 0 Å². The van der Waals surface area contributed by atoms with Gasteiger partial charge in [0.15, 0.2) is 0 Å². The molecule has 0 saturated carbocycles. The highest BCUT2D eigenvalue weighted by atomic mass is 79.9. The van der Waals surface area contributed by atoms with Gasteiger partial charge in [0, 0.05) is 11.1 Å². The second-order valence-electron chi connectivity index (χ2n) is 3.78. The van der Waals surface area contributed by atoms with Crippen molar-refractivity contribution in [1.82, 2.24) is 5.32 Å². The predicted molar refractivity (Wildman–Crippen MR) is 65.8 cm³/mol. The van der Waals surface area contributed by atoms with Gasteiger partial charge in [-0.25, -0.2) is 4.39 Å². The minimum Gasteiger partial charge on any atom is -0.379 e. The van der Waals surface area contributed by atoms with Crippen molar-refractivity contribution in [2.24, 2.45) is 0 Å². The summed E-state index contributed by atoms with van der Waals surface area (Å²) < 4.78 is 19.2. The van der Waals surface area contributed by atoms with Crippen molar-refractivity contribution in [2.75, 3.05) is 13.2 Å². The van der Waals surface area contributed by atoms with E-state index >= 15 is 0 Å². The van der Waals surface area contributed by atoms with E-state index in [1.807, 2.05) is 0 Å². The van der Waals surface area contributed by atoms with Crippen LogP contribution in [0.2, 0.25) is 5.02 Å². The number of halogens is 3. The Morgan fingerprint density at radius 2 is 2.35 bits per heavy atom. The Bertz CT molecular complexity index is 449. The second-order valence-corrected chi connectivity index (χ2v) is 5.04. The van der Waals surface area contributed by atoms with Gasteiger partial charge in [-0.3, -0.25) is 4.79 Å². The molecule has 3 nitrogen and oxygen atoms in total. The van der Waals surface area contributed by atoms with Crippen molar-refractivity contribution in [2.45, 2.75) is 12.5 Å². The summed E-state index contributed by atoms with van der Waals surface area (Å²) in [4.78, 5) is 11.8. The predicted octanol–water partition coefficient (Wildman–Crippen LogP) is 2.76. The standard InChI is InChI=1S/C11H10BrClFNO2/c12-8-3-7(10(14)4-9(8)13)11(16)15-6-1-2-17-5-6/h3-4,6H,1-2,5H2,(H,15,16). The van der Waals surface area contributed by atoms with E-state index in [2.05, 4.69) is 21.2 Å². The molecule has 1 unspecified atom stereocenters. The van der Waals surface area contributed by atoms with Gasteiger partial charge in [-0.15, -0.1) is 0 Å². The van der Waals surface area contributed by atoms with Gasteiger partial charge in [-0.2, -0.15) is 0 Å². The zero-order chi connectivity index (χ0) is 12.4. The Labute approximate surface area is 111 Å². The average Bonchev–Trinajstić information content (AvgIpc) is 2.76. The highest BCUT2D eigenvalue weighted by Gasteiger charge is 2.21. The summed E-state index contributed by atoms with van der Waals surface area (Å²) in [6.07, 6.45) is 0.752. The Morgan fingerprint density at radius 3 is 3.00 bits per heavy atom. The summed E-state index contributed by atoms with van der Waals surface area (Å²) in [7, 11) is 0. The highest BCUT2D eigenvalue weighted by Crippen LogP contribution is 2.25. The molecule has 1 saturated heterocycles. The van der Waals surface area contributed by atoms with Crippen LogP contribution in [0.5, 0.6) is 0 Å². The van der Waals surface area contributed by atoms with E-state index in [0.29, 0.717) is 17.7 Å². The zero-order valence-electron chi connectivity index (χ0n) is 8.80. The third-order valence-corrected chi connectivity index (χ3v) is 3.72. The van der Waals surface area contributed by atoms with Crippen LogP contribution in [-0.2, 0) is 4.74 Å². The van der Waals surface area contributed by atoms with Crippen LogP contribution in [0.4, 0.5) is 4.39 Å². The number of ether oxygens (including phenoxy) is 1. The summed E-state index contributed by atoms with van der Waals surface area (Å²) in [5.41, 5.74) is -0.0202. The van der Waals surface area contributed by atoms with Crippen molar-refractivity contribution in [3.63, 3.8) is 0 Å². The summed E-state index contributed by atoms with van der Waals surface area (Å²) in [6.45, 7) is 1.10. The van der Waals surface area contributed by atoms with E-state index in [0.717, 1.165) is 12.5 Å². The van der Waals surface area contributed by atoms with Gasteiger partial charge in [0.25, 0.3) is 5.91 Å². The fraction of sp³-hybridized carbons (Fsp3) is 0.364. The molecule has 1 heterocycles. The molecular formula is C11H10BrClFNO2. The molecule has 1 N–H and O–H groups in total. The Morgan fingerprint density at radius 1 is 1.59 bits per heavy atom. The molecule has 0 spiro atoms. The largest absolute Gasteiger partial charge is 0.379 e. The third kappa shape index (κ3) is 2.97. The maximum Gasteiger partial charge on any atom is 0.254 e. The summed E-state index contributed by atoms with van der Waals surface area (Å²) in [5, 5.41) is 2.95. The number of rotatable bonds is 2. The zero-order valence-corrected chi connectivity index (χ0v) is 11.1. The molecule has 92 valence electrons. The van der Waals surface area contributed by atoms with Gasteiger partial charge in [0.1, 0.15) is 5.82 Å². The summed E-state index contributed by atoms with van der Waals surface area (Å²) in [5.74, 6) is -1.08. The maximum atomic E-state index is 13.6. The van der Waals surface area contributed by atoms with Gasteiger partial charge in [-0.05, 0) is 34.5 Å². The number of amides is 1. The summed E-state index contributed by atoms with van der Waals surface area (Å²) >= 11 is 8.88. The Kier molecular flexibility index (Phi) is 4.01. The van der Waals surface area contributed by atoms with Crippen molar-refractivity contribution in [1.29, 1.82) is 0 Å². The fourth-order valence-electron chi connectivity index (χ4n) is 1.61. The quantitative estimate of drug-likeness (QED) is 0.850. The van der Waals surface area contributed by atoms with Gasteiger partial charge in [0.05, 0.1) is 23.2 Å². The molecule has 1 aliphatic heterocycles. The van der Waals surface area contributed by atoms with Crippen LogP contribution < -0.4 is 5.32 Å². The van der Waals surface area contributed by atoms with Gasteiger partial charge >= 0.3 is 0 Å². The number of hydrogen-bond acceptors (Lipinski definition) is 2. The molecule has 1 aromatic rings. The summed E-state index contributed by atoms with van der Waals surface area (Å²) in [6, 6.07) is 2.45. The van der Waals surface area contributed by atoms with Crippen LogP contribution in [-0.4, -0.2) is 25.2 Å². The molecule has 1 amide bonds. The average molecular weight is 323 g/mol. The van der Waals surface area contributed by atoms with Crippen LogP contribution in [0, 0.1) is 5.82 Å². The van der Waals surface area contributed by atoms with Crippen LogP contribution in [0.1, 0.15) is 16.8 Å². The Balaban J connectivity index is 2.15. The topological polar surface area (TPSA) is 38.3 Å². The molecule has 0 bridgehead atoms. The van der Waals surface area contributed by atoms with Crippen LogP contribution in [0.25, 0.3) is 0 Å². The van der Waals surface area contributed by atoms with E-state index in [4.69, 9.17) is 16.3 Å². The van der Waals surface area contributed by atoms with Gasteiger partial charge in [0.2, 0.25) is 0 Å². The van der Waals surface area contributed by atoms with Gasteiger partial charge in [-0.1, -0.05) is 11.6 Å². The molecular weight excluding hydrogens is 312 g/mol. The minimum atomic E-state index is -0.630. The number of nitrogens with one attached hydrogen (secondary N) is 1. The van der Waals surface area contributed by atoms with E-state index in [9.17, 15) is 9.18 Å². The third-order valence-electron chi connectivity index (χ3n) is 2.52. The van der Waals surface area contributed by atoms with Crippen molar-refractivity contribution in [3.8, 4) is 0 Å². The van der Waals surface area contributed by atoms with Crippen molar-refractivity contribution in [3.05, 3.63) is 33.0 Å². The molecule has 2 rings (SSSR count). The van der Waals surface area contributed by atoms with Crippen LogP contribution >= 0.6 is 27.5 Å². The van der Waals surface area contributed by atoms with E-state index < -0.39 is 11.7 Å². The molecule has 17 heavy (non-hydrogen) atoms. The lowest BCUT2D eigenvalue weighted by Gasteiger charge is -2.11. The fourth-order valence-corrected chi connectivity index (χ4v) is 2.10. The first kappa shape index (κ1) is 12.8. The molecule has 1 fully saturated rings. The first-order chi connectivity index (χ1) is 8.08. The lowest BCUT2D eigenvalue weighted by molar-refractivity contribution is 0.0926. The molecule has 1 atom stereocenters. The second kappa shape index (κ2) is 5.33. The lowest BCUT2D eigenvalue weighted by Crippen LogP contribution is -2.35. The van der Waals surface area contributed by atoms with Crippen LogP contribution in [0.15, 0.2) is 16.6 Å². The minimum absolute atomic E-state index is 0.0202. The molecule has 6 heteroatoms. The smallest absolute Gasteiger partial charge is 0.254 e.